The molecule has 1 heterocycles. The average Bonchev–Trinajstić information content (AvgIpc) is 2.30. The third-order valence-corrected chi connectivity index (χ3v) is 1.93. The van der Waals surface area contributed by atoms with Crippen molar-refractivity contribution in [3.05, 3.63) is 18.3 Å². The van der Waals surface area contributed by atoms with E-state index in [2.05, 4.69) is 10.3 Å². The fourth-order valence-corrected chi connectivity index (χ4v) is 1.30. The standard InChI is InChI=1S/C12H21N3O2/c1-10(2)17-11-4-3-6-14-12(11)15-7-9-16-8-5-13/h3-4,6,10H,5,7-9,13H2,1-2H3,(H,14,15). The molecule has 0 saturated heterocycles. The van der Waals surface area contributed by atoms with Gasteiger partial charge in [0, 0.05) is 19.3 Å². The molecule has 0 aliphatic heterocycles. The molecule has 5 heteroatoms. The van der Waals surface area contributed by atoms with Crippen LogP contribution in [0.25, 0.3) is 0 Å². The highest BCUT2D eigenvalue weighted by atomic mass is 16.5. The summed E-state index contributed by atoms with van der Waals surface area (Å²) in [5, 5.41) is 3.18. The quantitative estimate of drug-likeness (QED) is 0.668. The van der Waals surface area contributed by atoms with E-state index in [0.717, 1.165) is 11.6 Å². The second kappa shape index (κ2) is 7.86. The van der Waals surface area contributed by atoms with Gasteiger partial charge < -0.3 is 20.5 Å². The molecule has 5 nitrogen and oxygen atoms in total. The van der Waals surface area contributed by atoms with Gasteiger partial charge in [0.05, 0.1) is 19.3 Å². The number of aromatic nitrogens is 1. The zero-order chi connectivity index (χ0) is 12.5. The Hall–Kier alpha value is -1.33. The molecule has 1 aromatic rings. The van der Waals surface area contributed by atoms with Gasteiger partial charge in [-0.25, -0.2) is 4.98 Å². The van der Waals surface area contributed by atoms with Crippen molar-refractivity contribution < 1.29 is 9.47 Å². The Morgan fingerprint density at radius 3 is 2.94 bits per heavy atom. The Labute approximate surface area is 102 Å². The van der Waals surface area contributed by atoms with Crippen LogP contribution in [0.1, 0.15) is 13.8 Å². The highest BCUT2D eigenvalue weighted by Gasteiger charge is 2.05. The largest absolute Gasteiger partial charge is 0.487 e. The van der Waals surface area contributed by atoms with Gasteiger partial charge in [0.15, 0.2) is 11.6 Å². The first-order chi connectivity index (χ1) is 8.24. The third kappa shape index (κ3) is 5.51. The molecule has 96 valence electrons. The van der Waals surface area contributed by atoms with Crippen LogP contribution in [0, 0.1) is 0 Å². The van der Waals surface area contributed by atoms with E-state index in [9.17, 15) is 0 Å². The number of nitrogens with zero attached hydrogens (tertiary/aromatic N) is 1. The van der Waals surface area contributed by atoms with Crippen LogP contribution in [0.2, 0.25) is 0 Å². The molecular formula is C12H21N3O2. The van der Waals surface area contributed by atoms with Gasteiger partial charge in [0.1, 0.15) is 0 Å². The zero-order valence-electron chi connectivity index (χ0n) is 10.5. The van der Waals surface area contributed by atoms with Gasteiger partial charge in [0.2, 0.25) is 0 Å². The first-order valence-corrected chi connectivity index (χ1v) is 5.87. The minimum absolute atomic E-state index is 0.133. The van der Waals surface area contributed by atoms with Crippen LogP contribution in [0.3, 0.4) is 0 Å². The highest BCUT2D eigenvalue weighted by molar-refractivity contribution is 5.49. The molecule has 0 unspecified atom stereocenters. The molecule has 0 radical (unpaired) electrons. The van der Waals surface area contributed by atoms with Crippen LogP contribution >= 0.6 is 0 Å². The molecule has 0 aromatic carbocycles. The zero-order valence-corrected chi connectivity index (χ0v) is 10.5. The molecule has 0 aliphatic carbocycles. The minimum Gasteiger partial charge on any atom is -0.487 e. The summed E-state index contributed by atoms with van der Waals surface area (Å²) in [6.45, 7) is 6.40. The Balaban J connectivity index is 2.40. The molecule has 0 atom stereocenters. The highest BCUT2D eigenvalue weighted by Crippen LogP contribution is 2.21. The number of nitrogens with two attached hydrogens (primary N) is 1. The Morgan fingerprint density at radius 1 is 1.41 bits per heavy atom. The number of pyridine rings is 1. The van der Waals surface area contributed by atoms with E-state index < -0.39 is 0 Å². The second-order valence-electron chi connectivity index (χ2n) is 3.84. The van der Waals surface area contributed by atoms with Crippen molar-refractivity contribution in [1.29, 1.82) is 0 Å². The van der Waals surface area contributed by atoms with E-state index in [1.165, 1.54) is 0 Å². The fourth-order valence-electron chi connectivity index (χ4n) is 1.30. The molecule has 0 spiro atoms. The lowest BCUT2D eigenvalue weighted by molar-refractivity contribution is 0.151. The predicted octanol–water partition coefficient (Wildman–Crippen LogP) is 1.26. The van der Waals surface area contributed by atoms with Crippen LogP contribution in [0.4, 0.5) is 5.82 Å². The Morgan fingerprint density at radius 2 is 2.24 bits per heavy atom. The molecule has 1 aromatic heterocycles. The van der Waals surface area contributed by atoms with E-state index in [4.69, 9.17) is 15.2 Å². The molecule has 1 rings (SSSR count). The summed E-state index contributed by atoms with van der Waals surface area (Å²) in [4.78, 5) is 4.23. The maximum absolute atomic E-state index is 5.64. The number of anilines is 1. The maximum atomic E-state index is 5.64. The van der Waals surface area contributed by atoms with Gasteiger partial charge in [-0.2, -0.15) is 0 Å². The van der Waals surface area contributed by atoms with Crippen molar-refractivity contribution in [2.24, 2.45) is 5.73 Å². The van der Waals surface area contributed by atoms with Gasteiger partial charge in [-0.15, -0.1) is 0 Å². The fraction of sp³-hybridized carbons (Fsp3) is 0.583. The first kappa shape index (κ1) is 13.7. The second-order valence-corrected chi connectivity index (χ2v) is 3.84. The Bertz CT molecular complexity index is 318. The maximum Gasteiger partial charge on any atom is 0.168 e. The SMILES string of the molecule is CC(C)Oc1cccnc1NCCOCCN. The monoisotopic (exact) mass is 239 g/mol. The van der Waals surface area contributed by atoms with Crippen LogP contribution in [0.5, 0.6) is 5.75 Å². The van der Waals surface area contributed by atoms with Crippen LogP contribution in [0.15, 0.2) is 18.3 Å². The van der Waals surface area contributed by atoms with Gasteiger partial charge in [-0.05, 0) is 26.0 Å². The van der Waals surface area contributed by atoms with Gasteiger partial charge in [-0.1, -0.05) is 0 Å². The summed E-state index contributed by atoms with van der Waals surface area (Å²) in [6, 6.07) is 3.75. The van der Waals surface area contributed by atoms with Crippen molar-refractivity contribution >= 4 is 5.82 Å². The molecular weight excluding hydrogens is 218 g/mol. The van der Waals surface area contributed by atoms with Crippen LogP contribution in [-0.2, 0) is 4.74 Å². The smallest absolute Gasteiger partial charge is 0.168 e. The van der Waals surface area contributed by atoms with Crippen molar-refractivity contribution in [2.75, 3.05) is 31.6 Å². The average molecular weight is 239 g/mol. The summed E-state index contributed by atoms with van der Waals surface area (Å²) in [6.07, 6.45) is 1.87. The van der Waals surface area contributed by atoms with Crippen molar-refractivity contribution in [3.8, 4) is 5.75 Å². The van der Waals surface area contributed by atoms with E-state index in [-0.39, 0.29) is 6.10 Å². The van der Waals surface area contributed by atoms with Crippen LogP contribution in [-0.4, -0.2) is 37.4 Å². The topological polar surface area (TPSA) is 69.4 Å². The molecule has 17 heavy (non-hydrogen) atoms. The molecule has 0 aliphatic rings. The molecule has 0 amide bonds. The van der Waals surface area contributed by atoms with E-state index in [1.807, 2.05) is 26.0 Å². The summed E-state index contributed by atoms with van der Waals surface area (Å²) in [5.41, 5.74) is 5.32. The summed E-state index contributed by atoms with van der Waals surface area (Å²) in [7, 11) is 0. The van der Waals surface area contributed by atoms with Gasteiger partial charge in [-0.3, -0.25) is 0 Å². The predicted molar refractivity (Wildman–Crippen MR) is 68.4 cm³/mol. The first-order valence-electron chi connectivity index (χ1n) is 5.87. The van der Waals surface area contributed by atoms with Gasteiger partial charge in [0.25, 0.3) is 0 Å². The molecule has 0 fully saturated rings. The summed E-state index contributed by atoms with van der Waals surface area (Å²) >= 11 is 0. The van der Waals surface area contributed by atoms with Crippen molar-refractivity contribution in [2.45, 2.75) is 20.0 Å². The number of rotatable bonds is 8. The molecule has 3 N–H and O–H groups in total. The molecule has 0 bridgehead atoms. The lowest BCUT2D eigenvalue weighted by atomic mass is 10.4. The van der Waals surface area contributed by atoms with Crippen molar-refractivity contribution in [3.63, 3.8) is 0 Å². The lowest BCUT2D eigenvalue weighted by Crippen LogP contribution is -2.16. The van der Waals surface area contributed by atoms with Gasteiger partial charge >= 0.3 is 0 Å². The van der Waals surface area contributed by atoms with E-state index in [1.54, 1.807) is 6.20 Å². The lowest BCUT2D eigenvalue weighted by Gasteiger charge is -2.14. The number of hydrogen-bond acceptors (Lipinski definition) is 5. The minimum atomic E-state index is 0.133. The number of nitrogens with one attached hydrogen (secondary N) is 1. The normalized spacial score (nSPS) is 10.6. The van der Waals surface area contributed by atoms with E-state index >= 15 is 0 Å². The number of hydrogen-bond donors (Lipinski definition) is 2. The third-order valence-electron chi connectivity index (χ3n) is 1.93. The molecule has 0 saturated carbocycles. The van der Waals surface area contributed by atoms with Crippen molar-refractivity contribution in [1.82, 2.24) is 4.98 Å². The number of ether oxygens (including phenoxy) is 2. The summed E-state index contributed by atoms with van der Waals surface area (Å²) in [5.74, 6) is 1.51. The van der Waals surface area contributed by atoms with Crippen LogP contribution < -0.4 is 15.8 Å². The summed E-state index contributed by atoms with van der Waals surface area (Å²) < 4.78 is 10.9. The Kier molecular flexibility index (Phi) is 6.35. The van der Waals surface area contributed by atoms with E-state index in [0.29, 0.717) is 26.3 Å².